The monoisotopic (exact) mass is 362 g/mol. The molecule has 0 atom stereocenters. The third-order valence-corrected chi connectivity index (χ3v) is 4.06. The van der Waals surface area contributed by atoms with E-state index in [4.69, 9.17) is 30.5 Å². The molecule has 0 amide bonds. The number of nitrogens with zero attached hydrogens (tertiary/aromatic N) is 1. The molecule has 0 unspecified atom stereocenters. The van der Waals surface area contributed by atoms with Crippen LogP contribution in [0.2, 0.25) is 5.02 Å². The van der Waals surface area contributed by atoms with Gasteiger partial charge in [0.2, 0.25) is 0 Å². The highest BCUT2D eigenvalue weighted by atomic mass is 35.5. The van der Waals surface area contributed by atoms with Gasteiger partial charge in [-0.25, -0.2) is 4.98 Å². The Bertz CT molecular complexity index is 867. The summed E-state index contributed by atoms with van der Waals surface area (Å²) >= 11 is 6.35. The molecule has 3 rings (SSSR count). The molecule has 0 spiro atoms. The van der Waals surface area contributed by atoms with E-state index in [1.807, 2.05) is 25.1 Å². The Kier molecular flexibility index (Phi) is 4.90. The maximum Gasteiger partial charge on any atom is 0.179 e. The highest BCUT2D eigenvalue weighted by molar-refractivity contribution is 6.32. The summed E-state index contributed by atoms with van der Waals surface area (Å²) < 4.78 is 21.6. The first-order valence-corrected chi connectivity index (χ1v) is 8.11. The Balaban J connectivity index is 2.11. The number of hydrogen-bond donors (Lipinski definition) is 1. The summed E-state index contributed by atoms with van der Waals surface area (Å²) in [6, 6.07) is 7.30. The summed E-state index contributed by atoms with van der Waals surface area (Å²) in [6.45, 7) is 2.39. The Hall–Kier alpha value is -2.60. The van der Waals surface area contributed by atoms with E-state index in [0.29, 0.717) is 40.5 Å². The molecular formula is C18H19ClN2O4. The van der Waals surface area contributed by atoms with Crippen LogP contribution in [0.5, 0.6) is 23.0 Å². The van der Waals surface area contributed by atoms with Crippen molar-refractivity contribution in [3.8, 4) is 34.4 Å². The van der Waals surface area contributed by atoms with Crippen LogP contribution in [0, 0.1) is 0 Å². The summed E-state index contributed by atoms with van der Waals surface area (Å²) in [7, 11) is 4.76. The number of aromatic nitrogens is 2. The first kappa shape index (κ1) is 17.2. The Morgan fingerprint density at radius 1 is 0.960 bits per heavy atom. The third kappa shape index (κ3) is 3.17. The van der Waals surface area contributed by atoms with Crippen molar-refractivity contribution in [2.45, 2.75) is 6.92 Å². The van der Waals surface area contributed by atoms with Gasteiger partial charge in [0.05, 0.1) is 44.0 Å². The molecule has 2 aromatic carbocycles. The number of benzene rings is 2. The molecule has 132 valence electrons. The molecule has 0 radical (unpaired) electrons. The number of H-pyrrole nitrogens is 1. The molecule has 25 heavy (non-hydrogen) atoms. The van der Waals surface area contributed by atoms with E-state index in [0.717, 1.165) is 16.6 Å². The van der Waals surface area contributed by atoms with E-state index in [2.05, 4.69) is 9.97 Å². The number of methoxy groups -OCH3 is 3. The van der Waals surface area contributed by atoms with Gasteiger partial charge in [-0.15, -0.1) is 0 Å². The second-order valence-corrected chi connectivity index (χ2v) is 5.64. The molecule has 0 bridgehead atoms. The van der Waals surface area contributed by atoms with Gasteiger partial charge in [0.1, 0.15) is 5.82 Å². The van der Waals surface area contributed by atoms with Crippen LogP contribution in [0.25, 0.3) is 22.4 Å². The van der Waals surface area contributed by atoms with E-state index in [9.17, 15) is 0 Å². The molecule has 6 nitrogen and oxygen atoms in total. The predicted molar refractivity (Wildman–Crippen MR) is 97.4 cm³/mol. The number of ether oxygens (including phenoxy) is 4. The largest absolute Gasteiger partial charge is 0.493 e. The number of imidazole rings is 1. The molecule has 0 aliphatic heterocycles. The summed E-state index contributed by atoms with van der Waals surface area (Å²) in [6.07, 6.45) is 0. The maximum atomic E-state index is 6.35. The summed E-state index contributed by atoms with van der Waals surface area (Å²) in [4.78, 5) is 7.88. The minimum Gasteiger partial charge on any atom is -0.493 e. The van der Waals surface area contributed by atoms with E-state index in [1.54, 1.807) is 27.4 Å². The fourth-order valence-electron chi connectivity index (χ4n) is 2.61. The van der Waals surface area contributed by atoms with Crippen LogP contribution in [0.4, 0.5) is 0 Å². The van der Waals surface area contributed by atoms with Crippen molar-refractivity contribution < 1.29 is 18.9 Å². The van der Waals surface area contributed by atoms with Crippen LogP contribution in [0.15, 0.2) is 24.3 Å². The Morgan fingerprint density at radius 3 is 2.28 bits per heavy atom. The lowest BCUT2D eigenvalue weighted by Crippen LogP contribution is -1.97. The van der Waals surface area contributed by atoms with Gasteiger partial charge in [0.25, 0.3) is 0 Å². The van der Waals surface area contributed by atoms with Crippen molar-refractivity contribution in [1.29, 1.82) is 0 Å². The van der Waals surface area contributed by atoms with E-state index in [1.165, 1.54) is 0 Å². The first-order valence-electron chi connectivity index (χ1n) is 7.73. The topological polar surface area (TPSA) is 65.6 Å². The zero-order valence-corrected chi connectivity index (χ0v) is 15.2. The zero-order valence-electron chi connectivity index (χ0n) is 14.5. The van der Waals surface area contributed by atoms with Crippen molar-refractivity contribution in [3.63, 3.8) is 0 Å². The van der Waals surface area contributed by atoms with Crippen molar-refractivity contribution in [2.75, 3.05) is 27.9 Å². The molecule has 0 saturated heterocycles. The normalized spacial score (nSPS) is 10.8. The number of aromatic amines is 1. The lowest BCUT2D eigenvalue weighted by Gasteiger charge is -2.12. The van der Waals surface area contributed by atoms with Gasteiger partial charge in [-0.05, 0) is 19.1 Å². The number of halogens is 1. The molecule has 0 saturated carbocycles. The van der Waals surface area contributed by atoms with Crippen LogP contribution < -0.4 is 18.9 Å². The molecule has 7 heteroatoms. The molecule has 1 N–H and O–H groups in total. The number of rotatable bonds is 6. The highest BCUT2D eigenvalue weighted by Gasteiger charge is 2.16. The minimum atomic E-state index is 0.465. The van der Waals surface area contributed by atoms with Crippen molar-refractivity contribution >= 4 is 22.6 Å². The average Bonchev–Trinajstić information content (AvgIpc) is 3.04. The van der Waals surface area contributed by atoms with Gasteiger partial charge < -0.3 is 23.9 Å². The summed E-state index contributed by atoms with van der Waals surface area (Å²) in [5, 5.41) is 0.465. The highest BCUT2D eigenvalue weighted by Crippen LogP contribution is 2.40. The first-order chi connectivity index (χ1) is 12.1. The molecule has 1 heterocycles. The minimum absolute atomic E-state index is 0.465. The fourth-order valence-corrected chi connectivity index (χ4v) is 2.88. The second kappa shape index (κ2) is 7.11. The van der Waals surface area contributed by atoms with Crippen LogP contribution >= 0.6 is 11.6 Å². The van der Waals surface area contributed by atoms with Crippen LogP contribution in [-0.4, -0.2) is 37.9 Å². The molecule has 0 aliphatic rings. The van der Waals surface area contributed by atoms with Crippen LogP contribution in [0.1, 0.15) is 6.92 Å². The van der Waals surface area contributed by atoms with E-state index < -0.39 is 0 Å². The van der Waals surface area contributed by atoms with Crippen LogP contribution in [0.3, 0.4) is 0 Å². The molecular weight excluding hydrogens is 344 g/mol. The van der Waals surface area contributed by atoms with Gasteiger partial charge in [0.15, 0.2) is 23.0 Å². The van der Waals surface area contributed by atoms with Gasteiger partial charge >= 0.3 is 0 Å². The summed E-state index contributed by atoms with van der Waals surface area (Å²) in [5.74, 6) is 2.99. The summed E-state index contributed by atoms with van der Waals surface area (Å²) in [5.41, 5.74) is 2.38. The number of fused-ring (bicyclic) bond motifs is 1. The molecule has 0 fully saturated rings. The van der Waals surface area contributed by atoms with Gasteiger partial charge in [-0.1, -0.05) is 11.6 Å². The smallest absolute Gasteiger partial charge is 0.179 e. The van der Waals surface area contributed by atoms with E-state index >= 15 is 0 Å². The van der Waals surface area contributed by atoms with Crippen molar-refractivity contribution in [3.05, 3.63) is 29.3 Å². The Labute approximate surface area is 150 Å². The SMILES string of the molecule is CCOc1c(Cl)cc(-c2nc3cc(OC)c(OC)cc3[nH]2)cc1OC. The third-order valence-electron chi connectivity index (χ3n) is 3.78. The lowest BCUT2D eigenvalue weighted by atomic mass is 10.2. The standard InChI is InChI=1S/C18H19ClN2O4/c1-5-25-17-11(19)6-10(7-16(17)24-4)18-20-12-8-14(22-2)15(23-3)9-13(12)21-18/h6-9H,5H2,1-4H3,(H,20,21). The van der Waals surface area contributed by atoms with Crippen molar-refractivity contribution in [1.82, 2.24) is 9.97 Å². The Morgan fingerprint density at radius 2 is 1.64 bits per heavy atom. The molecule has 1 aromatic heterocycles. The molecule has 3 aromatic rings. The van der Waals surface area contributed by atoms with Gasteiger partial charge in [-0.3, -0.25) is 0 Å². The lowest BCUT2D eigenvalue weighted by molar-refractivity contribution is 0.311. The fraction of sp³-hybridized carbons (Fsp3) is 0.278. The quantitative estimate of drug-likeness (QED) is 0.707. The molecule has 0 aliphatic carbocycles. The van der Waals surface area contributed by atoms with Crippen molar-refractivity contribution in [2.24, 2.45) is 0 Å². The number of nitrogens with one attached hydrogen (secondary N) is 1. The predicted octanol–water partition coefficient (Wildman–Crippen LogP) is 4.31. The van der Waals surface area contributed by atoms with Gasteiger partial charge in [0, 0.05) is 17.7 Å². The van der Waals surface area contributed by atoms with Crippen LogP contribution in [-0.2, 0) is 0 Å². The second-order valence-electron chi connectivity index (χ2n) is 5.23. The average molecular weight is 363 g/mol. The maximum absolute atomic E-state index is 6.35. The number of hydrogen-bond acceptors (Lipinski definition) is 5. The van der Waals surface area contributed by atoms with E-state index in [-0.39, 0.29) is 0 Å². The van der Waals surface area contributed by atoms with Gasteiger partial charge in [-0.2, -0.15) is 0 Å². The zero-order chi connectivity index (χ0) is 18.0.